The number of alkyl halides is 1. The van der Waals surface area contributed by atoms with Gasteiger partial charge in [-0.3, -0.25) is 4.79 Å². The van der Waals surface area contributed by atoms with E-state index in [1.54, 1.807) is 0 Å². The first-order valence-corrected chi connectivity index (χ1v) is 5.24. The summed E-state index contributed by atoms with van der Waals surface area (Å²) in [7, 11) is 0. The van der Waals surface area contributed by atoms with Crippen LogP contribution in [0.2, 0.25) is 0 Å². The number of halogens is 1. The maximum atomic E-state index is 11.5. The zero-order chi connectivity index (χ0) is 8.60. The highest BCUT2D eigenvalue weighted by Crippen LogP contribution is 2.35. The number of hydrogen-bond acceptors (Lipinski definition) is 3. The van der Waals surface area contributed by atoms with Crippen LogP contribution >= 0.6 is 15.9 Å². The Morgan fingerprint density at radius 2 is 2.50 bits per heavy atom. The molecule has 12 heavy (non-hydrogen) atoms. The lowest BCUT2D eigenvalue weighted by Crippen LogP contribution is -2.45. The molecule has 68 valence electrons. The van der Waals surface area contributed by atoms with Gasteiger partial charge in [-0.15, -0.1) is 0 Å². The molecule has 2 atom stereocenters. The molecule has 2 bridgehead atoms. The van der Waals surface area contributed by atoms with Gasteiger partial charge in [0.2, 0.25) is 0 Å². The molecule has 2 saturated heterocycles. The van der Waals surface area contributed by atoms with Crippen molar-refractivity contribution in [1.29, 1.82) is 0 Å². The van der Waals surface area contributed by atoms with Crippen LogP contribution in [0.25, 0.3) is 0 Å². The van der Waals surface area contributed by atoms with E-state index in [2.05, 4.69) is 15.9 Å². The Morgan fingerprint density at radius 1 is 1.67 bits per heavy atom. The number of Topliss-reactive ketones (excluding diaryl/α,β-unsaturated/α-hetero) is 1. The van der Waals surface area contributed by atoms with Crippen molar-refractivity contribution in [2.24, 2.45) is 0 Å². The zero-order valence-corrected chi connectivity index (χ0v) is 8.30. The van der Waals surface area contributed by atoms with Crippen LogP contribution in [0.15, 0.2) is 0 Å². The highest BCUT2D eigenvalue weighted by Gasteiger charge is 2.49. The molecule has 0 amide bonds. The zero-order valence-electron chi connectivity index (χ0n) is 6.72. The Hall–Kier alpha value is 0.0700. The molecule has 2 aliphatic heterocycles. The van der Waals surface area contributed by atoms with E-state index in [9.17, 15) is 4.79 Å². The van der Waals surface area contributed by atoms with Crippen molar-refractivity contribution in [3.63, 3.8) is 0 Å². The number of ether oxygens (including phenoxy) is 2. The summed E-state index contributed by atoms with van der Waals surface area (Å²) in [6.45, 7) is 1.10. The van der Waals surface area contributed by atoms with Gasteiger partial charge >= 0.3 is 0 Å². The first kappa shape index (κ1) is 8.66. The van der Waals surface area contributed by atoms with Crippen molar-refractivity contribution in [1.82, 2.24) is 0 Å². The molecular formula is C8H11BrO3. The predicted octanol–water partition coefficient (Wildman–Crippen LogP) is 0.898. The second kappa shape index (κ2) is 3.09. The maximum Gasteiger partial charge on any atom is 0.177 e. The Kier molecular flexibility index (Phi) is 2.23. The van der Waals surface area contributed by atoms with Crippen molar-refractivity contribution >= 4 is 21.7 Å². The molecule has 2 rings (SSSR count). The van der Waals surface area contributed by atoms with Crippen LogP contribution in [0, 0.1) is 0 Å². The monoisotopic (exact) mass is 234 g/mol. The average Bonchev–Trinajstić information content (AvgIpc) is 2.42. The average molecular weight is 235 g/mol. The fourth-order valence-corrected chi connectivity index (χ4v) is 2.32. The van der Waals surface area contributed by atoms with Gasteiger partial charge in [0.05, 0.1) is 24.6 Å². The van der Waals surface area contributed by atoms with Crippen LogP contribution in [0.1, 0.15) is 12.8 Å². The van der Waals surface area contributed by atoms with E-state index in [1.165, 1.54) is 0 Å². The highest BCUT2D eigenvalue weighted by atomic mass is 79.9. The fourth-order valence-electron chi connectivity index (χ4n) is 1.81. The van der Waals surface area contributed by atoms with E-state index in [4.69, 9.17) is 9.47 Å². The summed E-state index contributed by atoms with van der Waals surface area (Å²) in [4.78, 5) is 11.5. The van der Waals surface area contributed by atoms with Gasteiger partial charge in [0.25, 0.3) is 0 Å². The first-order chi connectivity index (χ1) is 5.77. The molecule has 0 spiro atoms. The molecule has 0 unspecified atom stereocenters. The van der Waals surface area contributed by atoms with Crippen molar-refractivity contribution in [2.45, 2.75) is 24.5 Å². The van der Waals surface area contributed by atoms with Crippen LogP contribution in [-0.4, -0.2) is 36.0 Å². The lowest BCUT2D eigenvalue weighted by atomic mass is 9.92. The molecule has 0 aromatic heterocycles. The van der Waals surface area contributed by atoms with Crippen LogP contribution < -0.4 is 0 Å². The topological polar surface area (TPSA) is 35.5 Å². The number of hydrogen-bond donors (Lipinski definition) is 0. The van der Waals surface area contributed by atoms with Gasteiger partial charge in [0.15, 0.2) is 11.4 Å². The smallest absolute Gasteiger partial charge is 0.177 e. The Morgan fingerprint density at radius 3 is 3.25 bits per heavy atom. The molecule has 0 N–H and O–H groups in total. The number of carbonyl (C=O) groups excluding carboxylic acids is 1. The number of ketones is 1. The number of rotatable bonds is 2. The lowest BCUT2D eigenvalue weighted by Gasteiger charge is -2.28. The Balaban J connectivity index is 2.15. The molecule has 4 heteroatoms. The summed E-state index contributed by atoms with van der Waals surface area (Å²) in [5.41, 5.74) is -0.605. The lowest BCUT2D eigenvalue weighted by molar-refractivity contribution is -0.142. The molecule has 0 aromatic rings. The minimum absolute atomic E-state index is 0.115. The molecule has 0 radical (unpaired) electrons. The van der Waals surface area contributed by atoms with Crippen LogP contribution in [0.4, 0.5) is 0 Å². The predicted molar refractivity (Wildman–Crippen MR) is 46.5 cm³/mol. The summed E-state index contributed by atoms with van der Waals surface area (Å²) in [6, 6.07) is 0. The molecule has 3 nitrogen and oxygen atoms in total. The molecule has 2 heterocycles. The third-order valence-corrected chi connectivity index (χ3v) is 3.07. The minimum Gasteiger partial charge on any atom is -0.375 e. The largest absolute Gasteiger partial charge is 0.375 e. The standard InChI is InChI=1S/C8H11BrO3/c9-4-7(10)8-3-6(11-5-8)1-2-12-8/h6H,1-5H2/t6-,8+/m0/s1. The molecule has 2 aliphatic rings. The molecule has 0 aromatic carbocycles. The first-order valence-electron chi connectivity index (χ1n) is 4.12. The highest BCUT2D eigenvalue weighted by molar-refractivity contribution is 9.09. The summed E-state index contributed by atoms with van der Waals surface area (Å²) in [5, 5.41) is 0.364. The second-order valence-electron chi connectivity index (χ2n) is 3.33. The van der Waals surface area contributed by atoms with Gasteiger partial charge in [0.1, 0.15) is 0 Å². The van der Waals surface area contributed by atoms with E-state index in [0.29, 0.717) is 18.5 Å². The number of carbonyl (C=O) groups is 1. The van der Waals surface area contributed by atoms with Gasteiger partial charge in [-0.1, -0.05) is 15.9 Å². The summed E-state index contributed by atoms with van der Waals surface area (Å²) in [6.07, 6.45) is 1.93. The van der Waals surface area contributed by atoms with Gasteiger partial charge in [-0.2, -0.15) is 0 Å². The molecule has 2 fully saturated rings. The Labute approximate surface area is 79.5 Å². The minimum atomic E-state index is -0.605. The maximum absolute atomic E-state index is 11.5. The van der Waals surface area contributed by atoms with E-state index < -0.39 is 5.60 Å². The van der Waals surface area contributed by atoms with E-state index >= 15 is 0 Å². The van der Waals surface area contributed by atoms with Crippen LogP contribution in [0.3, 0.4) is 0 Å². The number of fused-ring (bicyclic) bond motifs is 2. The Bertz CT molecular complexity index is 202. The fraction of sp³-hybridized carbons (Fsp3) is 0.875. The van der Waals surface area contributed by atoms with E-state index in [-0.39, 0.29) is 11.9 Å². The third-order valence-electron chi connectivity index (χ3n) is 2.56. The van der Waals surface area contributed by atoms with Crippen LogP contribution in [-0.2, 0) is 14.3 Å². The molecular weight excluding hydrogens is 224 g/mol. The van der Waals surface area contributed by atoms with Crippen LogP contribution in [0.5, 0.6) is 0 Å². The SMILES string of the molecule is O=C(CBr)[C@@]12CO[C@@H](CCO1)C2. The quantitative estimate of drug-likeness (QED) is 0.667. The normalized spacial score (nSPS) is 39.9. The third kappa shape index (κ3) is 1.22. The molecule has 0 aliphatic carbocycles. The van der Waals surface area contributed by atoms with Gasteiger partial charge in [-0.25, -0.2) is 0 Å². The van der Waals surface area contributed by atoms with Gasteiger partial charge < -0.3 is 9.47 Å². The van der Waals surface area contributed by atoms with Crippen molar-refractivity contribution in [3.05, 3.63) is 0 Å². The van der Waals surface area contributed by atoms with Crippen molar-refractivity contribution in [2.75, 3.05) is 18.5 Å². The summed E-state index contributed by atoms with van der Waals surface area (Å²) in [5.74, 6) is 0.115. The van der Waals surface area contributed by atoms with Gasteiger partial charge in [0, 0.05) is 6.42 Å². The summed E-state index contributed by atoms with van der Waals surface area (Å²) >= 11 is 3.16. The van der Waals surface area contributed by atoms with E-state index in [0.717, 1.165) is 12.8 Å². The van der Waals surface area contributed by atoms with Gasteiger partial charge in [-0.05, 0) is 6.42 Å². The van der Waals surface area contributed by atoms with E-state index in [1.807, 2.05) is 0 Å². The summed E-state index contributed by atoms with van der Waals surface area (Å²) < 4.78 is 10.9. The van der Waals surface area contributed by atoms with Crippen molar-refractivity contribution in [3.8, 4) is 0 Å². The second-order valence-corrected chi connectivity index (χ2v) is 3.89. The molecule has 0 saturated carbocycles. The van der Waals surface area contributed by atoms with Crippen molar-refractivity contribution < 1.29 is 14.3 Å².